The number of morpholine rings is 1. The lowest BCUT2D eigenvalue weighted by molar-refractivity contribution is -0.131. The zero-order valence-corrected chi connectivity index (χ0v) is 14.2. The summed E-state index contributed by atoms with van der Waals surface area (Å²) in [6, 6.07) is 6.52. The van der Waals surface area contributed by atoms with Crippen LogP contribution in [0.5, 0.6) is 0 Å². The molecule has 2 aromatic heterocycles. The van der Waals surface area contributed by atoms with Gasteiger partial charge in [-0.25, -0.2) is 0 Å². The normalized spacial score (nSPS) is 15.4. The fourth-order valence-corrected chi connectivity index (χ4v) is 2.53. The van der Waals surface area contributed by atoms with Crippen LogP contribution >= 0.6 is 15.9 Å². The largest absolute Gasteiger partial charge is 0.465 e. The molecule has 1 N–H and O–H groups in total. The van der Waals surface area contributed by atoms with Crippen LogP contribution in [0, 0.1) is 0 Å². The van der Waals surface area contributed by atoms with E-state index in [2.05, 4.69) is 21.2 Å². The topological polar surface area (TPSA) is 84.9 Å². The molecule has 3 rings (SSSR count). The summed E-state index contributed by atoms with van der Waals surface area (Å²) in [5.41, 5.74) is 0.115. The Morgan fingerprint density at radius 3 is 2.62 bits per heavy atom. The maximum absolute atomic E-state index is 12.7. The van der Waals surface area contributed by atoms with Crippen molar-refractivity contribution in [2.24, 2.45) is 0 Å². The van der Waals surface area contributed by atoms with E-state index in [4.69, 9.17) is 13.6 Å². The molecule has 1 saturated heterocycles. The molecule has 0 atom stereocenters. The lowest BCUT2D eigenvalue weighted by Crippen LogP contribution is -2.44. The Balaban J connectivity index is 1.82. The molecular formula is C16H15BrN2O5. The molecule has 0 bridgehead atoms. The van der Waals surface area contributed by atoms with E-state index >= 15 is 0 Å². The highest BCUT2D eigenvalue weighted by molar-refractivity contribution is 9.10. The molecule has 1 aliphatic rings. The quantitative estimate of drug-likeness (QED) is 0.803. The monoisotopic (exact) mass is 394 g/mol. The summed E-state index contributed by atoms with van der Waals surface area (Å²) in [4.78, 5) is 26.6. The molecule has 1 fully saturated rings. The van der Waals surface area contributed by atoms with Gasteiger partial charge in [0.2, 0.25) is 0 Å². The highest BCUT2D eigenvalue weighted by Gasteiger charge is 2.23. The predicted molar refractivity (Wildman–Crippen MR) is 88.0 cm³/mol. The first-order valence-corrected chi connectivity index (χ1v) is 8.12. The molecule has 8 heteroatoms. The molecule has 0 unspecified atom stereocenters. The first-order valence-electron chi connectivity index (χ1n) is 7.32. The Morgan fingerprint density at radius 2 is 2.00 bits per heavy atom. The van der Waals surface area contributed by atoms with Gasteiger partial charge in [-0.3, -0.25) is 9.59 Å². The van der Waals surface area contributed by atoms with Gasteiger partial charge in [0, 0.05) is 19.2 Å². The predicted octanol–water partition coefficient (Wildman–Crippen LogP) is 2.26. The van der Waals surface area contributed by atoms with E-state index in [9.17, 15) is 9.59 Å². The van der Waals surface area contributed by atoms with Crippen molar-refractivity contribution in [3.05, 3.63) is 52.4 Å². The average molecular weight is 395 g/mol. The molecule has 24 heavy (non-hydrogen) atoms. The molecule has 1 aliphatic heterocycles. The highest BCUT2D eigenvalue weighted by Crippen LogP contribution is 2.15. The molecule has 2 aromatic rings. The van der Waals surface area contributed by atoms with E-state index in [-0.39, 0.29) is 17.4 Å². The number of ether oxygens (including phenoxy) is 1. The van der Waals surface area contributed by atoms with Crippen LogP contribution in [0.1, 0.15) is 16.3 Å². The molecule has 126 valence electrons. The summed E-state index contributed by atoms with van der Waals surface area (Å²) in [5, 5.41) is 2.60. The molecular weight excluding hydrogens is 380 g/mol. The van der Waals surface area contributed by atoms with Crippen LogP contribution in [-0.2, 0) is 9.53 Å². The molecule has 0 spiro atoms. The second kappa shape index (κ2) is 7.50. The lowest BCUT2D eigenvalue weighted by Gasteiger charge is -2.27. The van der Waals surface area contributed by atoms with Crippen LogP contribution in [0.25, 0.3) is 6.08 Å². The summed E-state index contributed by atoms with van der Waals surface area (Å²) < 4.78 is 16.1. The van der Waals surface area contributed by atoms with E-state index in [1.54, 1.807) is 23.1 Å². The number of nitrogens with one attached hydrogen (secondary N) is 1. The summed E-state index contributed by atoms with van der Waals surface area (Å²) in [7, 11) is 0. The molecule has 0 aliphatic carbocycles. The average Bonchev–Trinajstić information content (AvgIpc) is 3.26. The van der Waals surface area contributed by atoms with Gasteiger partial charge in [-0.1, -0.05) is 0 Å². The number of hydrogen-bond donors (Lipinski definition) is 1. The first kappa shape index (κ1) is 16.5. The van der Waals surface area contributed by atoms with Crippen molar-refractivity contribution in [2.45, 2.75) is 0 Å². The Kier molecular flexibility index (Phi) is 5.17. The lowest BCUT2D eigenvalue weighted by atomic mass is 10.2. The van der Waals surface area contributed by atoms with Crippen molar-refractivity contribution < 1.29 is 23.2 Å². The third kappa shape index (κ3) is 3.95. The summed E-state index contributed by atoms with van der Waals surface area (Å²) in [6.45, 7) is 1.88. The Bertz CT molecular complexity index is 744. The number of rotatable bonds is 4. The number of amides is 2. The van der Waals surface area contributed by atoms with Gasteiger partial charge in [0.05, 0.1) is 19.5 Å². The molecule has 0 radical (unpaired) electrons. The number of halogens is 1. The number of furan rings is 2. The van der Waals surface area contributed by atoms with Crippen molar-refractivity contribution >= 4 is 33.8 Å². The van der Waals surface area contributed by atoms with Crippen LogP contribution in [-0.4, -0.2) is 43.0 Å². The van der Waals surface area contributed by atoms with Crippen LogP contribution < -0.4 is 5.32 Å². The fraction of sp³-hybridized carbons (Fsp3) is 0.250. The summed E-state index contributed by atoms with van der Waals surface area (Å²) in [5.74, 6) is -0.247. The number of carbonyl (C=O) groups excluding carboxylic acids is 2. The maximum Gasteiger partial charge on any atom is 0.291 e. The molecule has 7 nitrogen and oxygen atoms in total. The summed E-state index contributed by atoms with van der Waals surface area (Å²) in [6.07, 6.45) is 2.99. The SMILES string of the molecule is O=C(NC(=Cc1ccco1)C(=O)N1CCOCC1)c1ccc(Br)o1. The van der Waals surface area contributed by atoms with E-state index in [0.29, 0.717) is 36.7 Å². The zero-order valence-electron chi connectivity index (χ0n) is 12.7. The van der Waals surface area contributed by atoms with E-state index < -0.39 is 5.91 Å². The van der Waals surface area contributed by atoms with E-state index in [1.807, 2.05) is 0 Å². The van der Waals surface area contributed by atoms with Crippen molar-refractivity contribution in [3.8, 4) is 0 Å². The van der Waals surface area contributed by atoms with Crippen molar-refractivity contribution in [1.29, 1.82) is 0 Å². The van der Waals surface area contributed by atoms with Crippen molar-refractivity contribution in [3.63, 3.8) is 0 Å². The minimum absolute atomic E-state index is 0.0991. The number of carbonyl (C=O) groups is 2. The zero-order chi connectivity index (χ0) is 16.9. The fourth-order valence-electron chi connectivity index (χ4n) is 2.22. The molecule has 0 aromatic carbocycles. The van der Waals surface area contributed by atoms with Gasteiger partial charge in [-0.2, -0.15) is 0 Å². The smallest absolute Gasteiger partial charge is 0.291 e. The standard InChI is InChI=1S/C16H15BrN2O5/c17-14-4-3-13(24-14)15(20)18-12(10-11-2-1-7-23-11)16(21)19-5-8-22-9-6-19/h1-4,7,10H,5-6,8-9H2,(H,18,20). The third-order valence-electron chi connectivity index (χ3n) is 3.40. The van der Waals surface area contributed by atoms with Crippen molar-refractivity contribution in [2.75, 3.05) is 26.3 Å². The van der Waals surface area contributed by atoms with Crippen LogP contribution in [0.4, 0.5) is 0 Å². The number of hydrogen-bond acceptors (Lipinski definition) is 5. The first-order chi connectivity index (χ1) is 11.6. The van der Waals surface area contributed by atoms with Gasteiger partial charge >= 0.3 is 0 Å². The molecule has 2 amide bonds. The van der Waals surface area contributed by atoms with Crippen LogP contribution in [0.2, 0.25) is 0 Å². The molecule has 3 heterocycles. The van der Waals surface area contributed by atoms with Gasteiger partial charge in [-0.05, 0) is 40.2 Å². The third-order valence-corrected chi connectivity index (χ3v) is 3.83. The van der Waals surface area contributed by atoms with Gasteiger partial charge in [-0.15, -0.1) is 0 Å². The van der Waals surface area contributed by atoms with Crippen LogP contribution in [0.15, 0.2) is 49.7 Å². The van der Waals surface area contributed by atoms with E-state index in [0.717, 1.165) is 0 Å². The Labute approximate surface area is 146 Å². The maximum atomic E-state index is 12.7. The Morgan fingerprint density at radius 1 is 1.21 bits per heavy atom. The summed E-state index contributed by atoms with van der Waals surface area (Å²) >= 11 is 3.14. The van der Waals surface area contributed by atoms with Crippen molar-refractivity contribution in [1.82, 2.24) is 10.2 Å². The minimum atomic E-state index is -0.514. The van der Waals surface area contributed by atoms with E-state index in [1.165, 1.54) is 18.4 Å². The Hall–Kier alpha value is -2.32. The van der Waals surface area contributed by atoms with Gasteiger partial charge < -0.3 is 23.8 Å². The van der Waals surface area contributed by atoms with Crippen LogP contribution in [0.3, 0.4) is 0 Å². The van der Waals surface area contributed by atoms with Gasteiger partial charge in [0.15, 0.2) is 10.4 Å². The second-order valence-electron chi connectivity index (χ2n) is 5.04. The van der Waals surface area contributed by atoms with Gasteiger partial charge in [0.25, 0.3) is 11.8 Å². The van der Waals surface area contributed by atoms with Gasteiger partial charge in [0.1, 0.15) is 11.5 Å². The highest BCUT2D eigenvalue weighted by atomic mass is 79.9. The molecule has 0 saturated carbocycles. The number of nitrogens with zero attached hydrogens (tertiary/aromatic N) is 1. The minimum Gasteiger partial charge on any atom is -0.465 e. The second-order valence-corrected chi connectivity index (χ2v) is 5.82.